The van der Waals surface area contributed by atoms with Crippen LogP contribution in [0.1, 0.15) is 33.3 Å². The first-order valence-corrected chi connectivity index (χ1v) is 9.88. The highest BCUT2D eigenvalue weighted by Gasteiger charge is 2.25. The van der Waals surface area contributed by atoms with E-state index < -0.39 is 0 Å². The average Bonchev–Trinajstić information content (AvgIpc) is 3.06. The van der Waals surface area contributed by atoms with Crippen LogP contribution in [0.3, 0.4) is 0 Å². The van der Waals surface area contributed by atoms with Crippen molar-refractivity contribution in [2.75, 3.05) is 32.8 Å². The molecule has 1 aromatic heterocycles. The van der Waals surface area contributed by atoms with Crippen LogP contribution in [0, 0.1) is 19.7 Å². The fourth-order valence-electron chi connectivity index (χ4n) is 3.81. The van der Waals surface area contributed by atoms with Gasteiger partial charge in [0.15, 0.2) is 5.76 Å². The number of hydrogen-bond acceptors (Lipinski definition) is 4. The molecule has 2 heterocycles. The number of halogens is 1. The highest BCUT2D eigenvalue weighted by Crippen LogP contribution is 2.27. The number of benzene rings is 2. The largest absolute Gasteiger partial charge is 0.451 e. The normalized spacial score (nSPS) is 16.1. The molecule has 0 spiro atoms. The van der Waals surface area contributed by atoms with Gasteiger partial charge in [-0.25, -0.2) is 4.39 Å². The number of aryl methyl sites for hydroxylation is 2. The predicted octanol–water partition coefficient (Wildman–Crippen LogP) is 3.99. The summed E-state index contributed by atoms with van der Waals surface area (Å²) in [4.78, 5) is 15.2. The van der Waals surface area contributed by atoms with Gasteiger partial charge in [-0.1, -0.05) is 29.8 Å². The molecular formula is C23H25FN2O3. The van der Waals surface area contributed by atoms with Crippen molar-refractivity contribution in [1.82, 2.24) is 10.2 Å². The zero-order chi connectivity index (χ0) is 20.4. The number of hydrogen-bond donors (Lipinski definition) is 1. The van der Waals surface area contributed by atoms with Crippen LogP contribution >= 0.6 is 0 Å². The molecule has 29 heavy (non-hydrogen) atoms. The molecule has 1 aliphatic heterocycles. The number of nitrogens with one attached hydrogen (secondary N) is 1. The van der Waals surface area contributed by atoms with Crippen LogP contribution in [0.2, 0.25) is 0 Å². The van der Waals surface area contributed by atoms with Gasteiger partial charge in [0.05, 0.1) is 19.3 Å². The van der Waals surface area contributed by atoms with E-state index in [0.29, 0.717) is 36.3 Å². The van der Waals surface area contributed by atoms with Gasteiger partial charge in [0.2, 0.25) is 0 Å². The molecule has 1 unspecified atom stereocenters. The first-order chi connectivity index (χ1) is 14.0. The summed E-state index contributed by atoms with van der Waals surface area (Å²) in [6.45, 7) is 7.29. The topological polar surface area (TPSA) is 54.7 Å². The molecule has 0 aliphatic carbocycles. The van der Waals surface area contributed by atoms with E-state index in [1.54, 1.807) is 13.0 Å². The molecule has 152 valence electrons. The summed E-state index contributed by atoms with van der Waals surface area (Å²) in [5, 5.41) is 3.64. The van der Waals surface area contributed by atoms with Gasteiger partial charge in [-0.2, -0.15) is 0 Å². The smallest absolute Gasteiger partial charge is 0.287 e. The standard InChI is InChI=1S/C23H25FN2O3/c1-15-3-5-17(6-4-15)20(26-9-11-28-12-10-26)14-25-23(27)22-16(2)19-13-18(24)7-8-21(19)29-22/h3-8,13,20H,9-12,14H2,1-2H3,(H,25,27). The molecule has 0 saturated carbocycles. The molecular weight excluding hydrogens is 371 g/mol. The minimum absolute atomic E-state index is 0.0468. The number of furan rings is 1. The van der Waals surface area contributed by atoms with Crippen molar-refractivity contribution in [2.24, 2.45) is 0 Å². The SMILES string of the molecule is Cc1ccc(C(CNC(=O)c2oc3ccc(F)cc3c2C)N2CCOCC2)cc1. The fourth-order valence-corrected chi connectivity index (χ4v) is 3.81. The van der Waals surface area contributed by atoms with Crippen molar-refractivity contribution < 1.29 is 18.3 Å². The molecule has 2 aromatic carbocycles. The molecule has 4 rings (SSSR count). The number of carbonyl (C=O) groups excluding carboxylic acids is 1. The fraction of sp³-hybridized carbons (Fsp3) is 0.348. The van der Waals surface area contributed by atoms with Crippen molar-refractivity contribution >= 4 is 16.9 Å². The monoisotopic (exact) mass is 396 g/mol. The maximum Gasteiger partial charge on any atom is 0.287 e. The first-order valence-electron chi connectivity index (χ1n) is 9.88. The molecule has 0 bridgehead atoms. The summed E-state index contributed by atoms with van der Waals surface area (Å²) < 4.78 is 24.7. The lowest BCUT2D eigenvalue weighted by Crippen LogP contribution is -2.43. The third-order valence-corrected chi connectivity index (χ3v) is 5.51. The second kappa shape index (κ2) is 8.35. The Morgan fingerprint density at radius 1 is 1.14 bits per heavy atom. The molecule has 1 aliphatic rings. The number of fused-ring (bicyclic) bond motifs is 1. The molecule has 1 fully saturated rings. The van der Waals surface area contributed by atoms with E-state index in [4.69, 9.17) is 9.15 Å². The molecule has 3 aromatic rings. The van der Waals surface area contributed by atoms with Gasteiger partial charge in [0, 0.05) is 30.6 Å². The minimum Gasteiger partial charge on any atom is -0.451 e. The number of amides is 1. The van der Waals surface area contributed by atoms with Gasteiger partial charge in [0.25, 0.3) is 5.91 Å². The summed E-state index contributed by atoms with van der Waals surface area (Å²) in [5.74, 6) is -0.403. The van der Waals surface area contributed by atoms with Crippen LogP contribution in [0.4, 0.5) is 4.39 Å². The van der Waals surface area contributed by atoms with E-state index in [1.165, 1.54) is 17.7 Å². The quantitative estimate of drug-likeness (QED) is 0.709. The number of carbonyl (C=O) groups is 1. The van der Waals surface area contributed by atoms with Crippen LogP contribution in [-0.2, 0) is 4.74 Å². The van der Waals surface area contributed by atoms with Crippen molar-refractivity contribution in [1.29, 1.82) is 0 Å². The summed E-state index contributed by atoms with van der Waals surface area (Å²) in [5.41, 5.74) is 3.51. The Kier molecular flexibility index (Phi) is 5.65. The Morgan fingerprint density at radius 2 is 1.86 bits per heavy atom. The second-order valence-corrected chi connectivity index (χ2v) is 7.48. The molecule has 0 radical (unpaired) electrons. The zero-order valence-electron chi connectivity index (χ0n) is 16.7. The Bertz CT molecular complexity index is 1010. The van der Waals surface area contributed by atoms with E-state index in [9.17, 15) is 9.18 Å². The molecule has 5 nitrogen and oxygen atoms in total. The predicted molar refractivity (Wildman–Crippen MR) is 110 cm³/mol. The molecule has 1 atom stereocenters. The van der Waals surface area contributed by atoms with Gasteiger partial charge in [-0.05, 0) is 37.6 Å². The minimum atomic E-state index is -0.347. The first kappa shape index (κ1) is 19.6. The number of nitrogens with zero attached hydrogens (tertiary/aromatic N) is 1. The van der Waals surface area contributed by atoms with Crippen LogP contribution in [0.5, 0.6) is 0 Å². The molecule has 6 heteroatoms. The second-order valence-electron chi connectivity index (χ2n) is 7.48. The Morgan fingerprint density at radius 3 is 2.59 bits per heavy atom. The Labute approximate surface area is 169 Å². The van der Waals surface area contributed by atoms with Crippen LogP contribution in [0.25, 0.3) is 11.0 Å². The molecule has 1 saturated heterocycles. The molecule has 1 N–H and O–H groups in total. The maximum absolute atomic E-state index is 13.5. The van der Waals surface area contributed by atoms with E-state index >= 15 is 0 Å². The van der Waals surface area contributed by atoms with E-state index in [0.717, 1.165) is 18.7 Å². The van der Waals surface area contributed by atoms with Crippen molar-refractivity contribution in [2.45, 2.75) is 19.9 Å². The van der Waals surface area contributed by atoms with Crippen molar-refractivity contribution in [3.8, 4) is 0 Å². The van der Waals surface area contributed by atoms with Gasteiger partial charge in [-0.3, -0.25) is 9.69 Å². The number of morpholine rings is 1. The Balaban J connectivity index is 1.54. The van der Waals surface area contributed by atoms with Gasteiger partial charge in [-0.15, -0.1) is 0 Å². The van der Waals surface area contributed by atoms with E-state index in [-0.39, 0.29) is 23.5 Å². The average molecular weight is 396 g/mol. The Hall–Kier alpha value is -2.70. The van der Waals surface area contributed by atoms with E-state index in [2.05, 4.69) is 41.4 Å². The lowest BCUT2D eigenvalue weighted by molar-refractivity contribution is 0.0161. The van der Waals surface area contributed by atoms with Crippen LogP contribution in [-0.4, -0.2) is 43.7 Å². The molecule has 1 amide bonds. The summed E-state index contributed by atoms with van der Waals surface area (Å²) in [6.07, 6.45) is 0. The van der Waals surface area contributed by atoms with Gasteiger partial charge in [0.1, 0.15) is 11.4 Å². The van der Waals surface area contributed by atoms with Crippen LogP contribution < -0.4 is 5.32 Å². The van der Waals surface area contributed by atoms with E-state index in [1.807, 2.05) is 0 Å². The zero-order valence-corrected chi connectivity index (χ0v) is 16.7. The third-order valence-electron chi connectivity index (χ3n) is 5.51. The lowest BCUT2D eigenvalue weighted by Gasteiger charge is -2.35. The van der Waals surface area contributed by atoms with Crippen LogP contribution in [0.15, 0.2) is 46.9 Å². The number of ether oxygens (including phenoxy) is 1. The summed E-state index contributed by atoms with van der Waals surface area (Å²) in [7, 11) is 0. The summed E-state index contributed by atoms with van der Waals surface area (Å²) in [6, 6.07) is 12.7. The van der Waals surface area contributed by atoms with Crippen molar-refractivity contribution in [3.63, 3.8) is 0 Å². The van der Waals surface area contributed by atoms with Gasteiger partial charge < -0.3 is 14.5 Å². The third kappa shape index (κ3) is 4.18. The lowest BCUT2D eigenvalue weighted by atomic mass is 10.0. The highest BCUT2D eigenvalue weighted by molar-refractivity contribution is 5.98. The summed E-state index contributed by atoms with van der Waals surface area (Å²) >= 11 is 0. The maximum atomic E-state index is 13.5. The number of rotatable bonds is 5. The van der Waals surface area contributed by atoms with Gasteiger partial charge >= 0.3 is 0 Å². The highest BCUT2D eigenvalue weighted by atomic mass is 19.1. The van der Waals surface area contributed by atoms with Crippen molar-refractivity contribution in [3.05, 3.63) is 70.7 Å².